The molecule has 90 valence electrons. The van der Waals surface area contributed by atoms with Gasteiger partial charge in [0.2, 0.25) is 5.91 Å². The average Bonchev–Trinajstić information content (AvgIpc) is 3.24. The van der Waals surface area contributed by atoms with Crippen molar-refractivity contribution in [1.82, 2.24) is 15.3 Å². The number of imidazole rings is 1. The molecule has 0 saturated heterocycles. The van der Waals surface area contributed by atoms with Crippen molar-refractivity contribution in [3.05, 3.63) is 18.2 Å². The maximum absolute atomic E-state index is 11.9. The Bertz CT molecular complexity index is 437. The Labute approximate surface area is 99.0 Å². The van der Waals surface area contributed by atoms with Crippen molar-refractivity contribution in [2.24, 2.45) is 17.8 Å². The molecular formula is C12H15N3O2. The number of nitrogens with zero attached hydrogens (tertiary/aromatic N) is 1. The van der Waals surface area contributed by atoms with Crippen molar-refractivity contribution in [3.63, 3.8) is 0 Å². The summed E-state index contributed by atoms with van der Waals surface area (Å²) in [6.07, 6.45) is 6.12. The van der Waals surface area contributed by atoms with Gasteiger partial charge in [0, 0.05) is 18.4 Å². The number of carbonyl (C=O) groups excluding carboxylic acids is 2. The molecule has 1 aromatic heterocycles. The first kappa shape index (κ1) is 10.5. The first-order valence-corrected chi connectivity index (χ1v) is 6.06. The van der Waals surface area contributed by atoms with Gasteiger partial charge in [0.15, 0.2) is 5.78 Å². The van der Waals surface area contributed by atoms with Crippen LogP contribution in [-0.2, 0) is 4.79 Å². The molecule has 5 nitrogen and oxygen atoms in total. The zero-order valence-corrected chi connectivity index (χ0v) is 9.48. The highest BCUT2D eigenvalue weighted by atomic mass is 16.2. The second-order valence-corrected chi connectivity index (χ2v) is 4.97. The Balaban J connectivity index is 1.51. The molecule has 2 saturated carbocycles. The number of nitrogens with one attached hydrogen (secondary N) is 2. The van der Waals surface area contributed by atoms with Gasteiger partial charge in [-0.2, -0.15) is 0 Å². The lowest BCUT2D eigenvalue weighted by Gasteiger charge is -2.02. The number of rotatable bonds is 5. The third-order valence-electron chi connectivity index (χ3n) is 3.49. The Morgan fingerprint density at radius 1 is 1.41 bits per heavy atom. The van der Waals surface area contributed by atoms with E-state index in [0.29, 0.717) is 18.0 Å². The molecule has 1 amide bonds. The van der Waals surface area contributed by atoms with Crippen LogP contribution in [0, 0.1) is 17.8 Å². The number of aromatic amines is 1. The largest absolute Gasteiger partial charge is 0.356 e. The van der Waals surface area contributed by atoms with Crippen molar-refractivity contribution in [2.45, 2.75) is 19.3 Å². The normalized spacial score (nSPS) is 26.6. The molecule has 0 radical (unpaired) electrons. The summed E-state index contributed by atoms with van der Waals surface area (Å²) in [4.78, 5) is 30.2. The summed E-state index contributed by atoms with van der Waals surface area (Å²) in [6, 6.07) is 0. The third kappa shape index (κ3) is 2.23. The Morgan fingerprint density at radius 2 is 2.24 bits per heavy atom. The standard InChI is InChI=1S/C12H15N3O2/c16-11(10-5-13-6-15-10)8-3-9(8)12(17)14-4-7-1-2-7/h5-9H,1-4H2,(H,13,15)(H,14,17)/t8-,9+/m0/s1. The minimum atomic E-state index is -0.144. The smallest absolute Gasteiger partial charge is 0.223 e. The van der Waals surface area contributed by atoms with Gasteiger partial charge in [-0.05, 0) is 25.2 Å². The molecule has 0 aliphatic heterocycles. The SMILES string of the molecule is O=C(c1cnc[nH]1)[C@H]1C[C@H]1C(=O)NCC1CC1. The number of hydrogen-bond acceptors (Lipinski definition) is 3. The van der Waals surface area contributed by atoms with E-state index in [1.807, 2.05) is 0 Å². The lowest BCUT2D eigenvalue weighted by molar-refractivity contribution is -0.122. The summed E-state index contributed by atoms with van der Waals surface area (Å²) in [7, 11) is 0. The van der Waals surface area contributed by atoms with Gasteiger partial charge in [0.25, 0.3) is 0 Å². The van der Waals surface area contributed by atoms with Gasteiger partial charge in [-0.15, -0.1) is 0 Å². The summed E-state index contributed by atoms with van der Waals surface area (Å²) in [5.41, 5.74) is 0.507. The highest BCUT2D eigenvalue weighted by Gasteiger charge is 2.48. The summed E-state index contributed by atoms with van der Waals surface area (Å²) in [5.74, 6) is 0.461. The van der Waals surface area contributed by atoms with Gasteiger partial charge in [-0.3, -0.25) is 9.59 Å². The van der Waals surface area contributed by atoms with Crippen LogP contribution in [0.4, 0.5) is 0 Å². The number of ketones is 1. The van der Waals surface area contributed by atoms with E-state index in [-0.39, 0.29) is 23.5 Å². The minimum Gasteiger partial charge on any atom is -0.356 e. The van der Waals surface area contributed by atoms with E-state index in [0.717, 1.165) is 6.54 Å². The highest BCUT2D eigenvalue weighted by Crippen LogP contribution is 2.41. The van der Waals surface area contributed by atoms with Crippen LogP contribution in [0.15, 0.2) is 12.5 Å². The van der Waals surface area contributed by atoms with Crippen LogP contribution >= 0.6 is 0 Å². The minimum absolute atomic E-state index is 0.00840. The average molecular weight is 233 g/mol. The second kappa shape index (κ2) is 3.98. The van der Waals surface area contributed by atoms with Crippen LogP contribution < -0.4 is 5.32 Å². The Morgan fingerprint density at radius 3 is 2.88 bits per heavy atom. The lowest BCUT2D eigenvalue weighted by Crippen LogP contribution is -2.28. The quantitative estimate of drug-likeness (QED) is 0.737. The molecule has 2 N–H and O–H groups in total. The molecule has 2 aliphatic carbocycles. The summed E-state index contributed by atoms with van der Waals surface area (Å²) < 4.78 is 0. The molecule has 5 heteroatoms. The fourth-order valence-corrected chi connectivity index (χ4v) is 2.06. The van der Waals surface area contributed by atoms with E-state index < -0.39 is 0 Å². The van der Waals surface area contributed by atoms with Crippen LogP contribution in [0.1, 0.15) is 29.8 Å². The second-order valence-electron chi connectivity index (χ2n) is 4.97. The number of Topliss-reactive ketones (excluding diaryl/α,β-unsaturated/α-hetero) is 1. The fourth-order valence-electron chi connectivity index (χ4n) is 2.06. The number of H-pyrrole nitrogens is 1. The molecule has 0 bridgehead atoms. The summed E-state index contributed by atoms with van der Waals surface area (Å²) >= 11 is 0. The van der Waals surface area contributed by atoms with Gasteiger partial charge in [0.05, 0.1) is 12.5 Å². The number of carbonyl (C=O) groups is 2. The molecule has 0 spiro atoms. The lowest BCUT2D eigenvalue weighted by atomic mass is 10.1. The van der Waals surface area contributed by atoms with E-state index in [1.54, 1.807) is 0 Å². The Hall–Kier alpha value is -1.65. The van der Waals surface area contributed by atoms with Gasteiger partial charge in [-0.1, -0.05) is 0 Å². The molecule has 1 aromatic rings. The first-order valence-electron chi connectivity index (χ1n) is 6.06. The monoisotopic (exact) mass is 233 g/mol. The highest BCUT2D eigenvalue weighted by molar-refractivity contribution is 6.02. The summed E-state index contributed by atoms with van der Waals surface area (Å²) in [5, 5.41) is 2.92. The zero-order valence-electron chi connectivity index (χ0n) is 9.48. The van der Waals surface area contributed by atoms with Crippen molar-refractivity contribution in [3.8, 4) is 0 Å². The molecule has 2 atom stereocenters. The van der Waals surface area contributed by atoms with E-state index in [2.05, 4.69) is 15.3 Å². The van der Waals surface area contributed by atoms with Gasteiger partial charge in [-0.25, -0.2) is 4.98 Å². The molecule has 17 heavy (non-hydrogen) atoms. The van der Waals surface area contributed by atoms with Crippen molar-refractivity contribution < 1.29 is 9.59 Å². The number of hydrogen-bond donors (Lipinski definition) is 2. The number of aromatic nitrogens is 2. The van der Waals surface area contributed by atoms with Gasteiger partial charge >= 0.3 is 0 Å². The van der Waals surface area contributed by atoms with Crippen LogP contribution in [0.25, 0.3) is 0 Å². The molecule has 0 unspecified atom stereocenters. The Kier molecular flexibility index (Phi) is 2.46. The maximum Gasteiger partial charge on any atom is 0.223 e. The van der Waals surface area contributed by atoms with Crippen molar-refractivity contribution in [2.75, 3.05) is 6.54 Å². The predicted octanol–water partition coefficient (Wildman–Crippen LogP) is 0.755. The van der Waals surface area contributed by atoms with E-state index in [9.17, 15) is 9.59 Å². The molecule has 3 rings (SSSR count). The first-order chi connectivity index (χ1) is 8.25. The van der Waals surface area contributed by atoms with Crippen LogP contribution in [0.3, 0.4) is 0 Å². The van der Waals surface area contributed by atoms with E-state index in [4.69, 9.17) is 0 Å². The maximum atomic E-state index is 11.9. The van der Waals surface area contributed by atoms with Crippen molar-refractivity contribution in [1.29, 1.82) is 0 Å². The molecule has 0 aromatic carbocycles. The molecule has 2 aliphatic rings. The molecule has 2 fully saturated rings. The van der Waals surface area contributed by atoms with Gasteiger partial charge < -0.3 is 10.3 Å². The van der Waals surface area contributed by atoms with E-state index in [1.165, 1.54) is 25.4 Å². The van der Waals surface area contributed by atoms with Crippen LogP contribution in [-0.4, -0.2) is 28.2 Å². The van der Waals surface area contributed by atoms with Gasteiger partial charge in [0.1, 0.15) is 5.69 Å². The summed E-state index contributed by atoms with van der Waals surface area (Å²) in [6.45, 7) is 0.778. The molecule has 1 heterocycles. The fraction of sp³-hybridized carbons (Fsp3) is 0.583. The topological polar surface area (TPSA) is 74.8 Å². The van der Waals surface area contributed by atoms with Crippen LogP contribution in [0.5, 0.6) is 0 Å². The third-order valence-corrected chi connectivity index (χ3v) is 3.49. The number of amides is 1. The molecular weight excluding hydrogens is 218 g/mol. The van der Waals surface area contributed by atoms with E-state index >= 15 is 0 Å². The van der Waals surface area contributed by atoms with Crippen LogP contribution in [0.2, 0.25) is 0 Å². The zero-order chi connectivity index (χ0) is 11.8. The van der Waals surface area contributed by atoms with Crippen molar-refractivity contribution >= 4 is 11.7 Å². The predicted molar refractivity (Wildman–Crippen MR) is 60.2 cm³/mol.